The fourth-order valence-corrected chi connectivity index (χ4v) is 1.45. The van der Waals surface area contributed by atoms with E-state index in [1.807, 2.05) is 0 Å². The predicted molar refractivity (Wildman–Crippen MR) is 54.2 cm³/mol. The van der Waals surface area contributed by atoms with Crippen LogP contribution < -0.4 is 11.1 Å². The third-order valence-corrected chi connectivity index (χ3v) is 2.13. The molecule has 2 rings (SSSR count). The first kappa shape index (κ1) is 8.10. The van der Waals surface area contributed by atoms with Gasteiger partial charge in [0.15, 0.2) is 0 Å². The number of nitrogens with one attached hydrogen (secondary N) is 1. The van der Waals surface area contributed by atoms with Crippen molar-refractivity contribution in [3.63, 3.8) is 0 Å². The van der Waals surface area contributed by atoms with E-state index >= 15 is 0 Å². The number of nitrogens with zero attached hydrogens (tertiary/aromatic N) is 1. The third-order valence-electron chi connectivity index (χ3n) is 2.13. The van der Waals surface area contributed by atoms with E-state index in [9.17, 15) is 0 Å². The molecule has 0 aromatic carbocycles. The number of hydrogen-bond acceptors (Lipinski definition) is 3. The van der Waals surface area contributed by atoms with Gasteiger partial charge in [-0.05, 0) is 19.4 Å². The summed E-state index contributed by atoms with van der Waals surface area (Å²) in [5, 5.41) is 3.24. The zero-order chi connectivity index (χ0) is 9.26. The molecule has 1 aliphatic carbocycles. The van der Waals surface area contributed by atoms with Crippen LogP contribution in [0.25, 0.3) is 0 Å². The molecule has 3 nitrogen and oxygen atoms in total. The molecule has 0 unspecified atom stereocenters. The quantitative estimate of drug-likeness (QED) is 0.578. The fraction of sp³-hybridized carbons (Fsp3) is 0.300. The van der Waals surface area contributed by atoms with Crippen LogP contribution in [0, 0.1) is 0 Å². The molecule has 13 heavy (non-hydrogen) atoms. The van der Waals surface area contributed by atoms with Crippen LogP contribution in [0.2, 0.25) is 0 Å². The van der Waals surface area contributed by atoms with E-state index in [0.717, 1.165) is 17.8 Å². The van der Waals surface area contributed by atoms with Gasteiger partial charge >= 0.3 is 0 Å². The Morgan fingerprint density at radius 3 is 3.15 bits per heavy atom. The van der Waals surface area contributed by atoms with Crippen LogP contribution in [-0.4, -0.2) is 12.4 Å². The van der Waals surface area contributed by atoms with Crippen LogP contribution in [-0.2, 0) is 0 Å². The second kappa shape index (κ2) is 3.09. The Balaban J connectivity index is 2.41. The Morgan fingerprint density at radius 2 is 2.31 bits per heavy atom. The van der Waals surface area contributed by atoms with Crippen molar-refractivity contribution in [3.05, 3.63) is 35.2 Å². The van der Waals surface area contributed by atoms with Gasteiger partial charge in [0.2, 0.25) is 0 Å². The lowest BCUT2D eigenvalue weighted by atomic mass is 10.2. The van der Waals surface area contributed by atoms with Gasteiger partial charge in [0.25, 0.3) is 0 Å². The molecular formula is C10H13N3. The van der Waals surface area contributed by atoms with E-state index in [1.54, 1.807) is 0 Å². The van der Waals surface area contributed by atoms with E-state index in [2.05, 4.69) is 35.5 Å². The zero-order valence-corrected chi connectivity index (χ0v) is 7.67. The number of amidine groups is 1. The van der Waals surface area contributed by atoms with E-state index in [0.29, 0.717) is 12.4 Å². The SMILES string of the molecule is CC1=CCC=C2NCC(N)=NC2=C1. The van der Waals surface area contributed by atoms with Gasteiger partial charge in [-0.1, -0.05) is 17.7 Å². The molecule has 0 saturated heterocycles. The Morgan fingerprint density at radius 1 is 1.46 bits per heavy atom. The first-order valence-electron chi connectivity index (χ1n) is 4.41. The van der Waals surface area contributed by atoms with Gasteiger partial charge in [0.1, 0.15) is 5.84 Å². The highest BCUT2D eigenvalue weighted by Gasteiger charge is 2.12. The summed E-state index contributed by atoms with van der Waals surface area (Å²) in [5.74, 6) is 0.651. The van der Waals surface area contributed by atoms with Gasteiger partial charge in [-0.25, -0.2) is 4.99 Å². The molecule has 0 saturated carbocycles. The maximum absolute atomic E-state index is 5.64. The van der Waals surface area contributed by atoms with Crippen LogP contribution in [0.5, 0.6) is 0 Å². The number of aliphatic imine (C=N–C) groups is 1. The maximum Gasteiger partial charge on any atom is 0.119 e. The normalized spacial score (nSPS) is 21.3. The van der Waals surface area contributed by atoms with Gasteiger partial charge < -0.3 is 11.1 Å². The van der Waals surface area contributed by atoms with Crippen molar-refractivity contribution in [2.75, 3.05) is 6.54 Å². The van der Waals surface area contributed by atoms with Crippen molar-refractivity contribution in [2.45, 2.75) is 13.3 Å². The van der Waals surface area contributed by atoms with Crippen LogP contribution in [0.15, 0.2) is 40.2 Å². The molecule has 0 radical (unpaired) electrons. The number of rotatable bonds is 0. The number of allylic oxidation sites excluding steroid dienone is 4. The molecule has 3 heteroatoms. The van der Waals surface area contributed by atoms with Crippen molar-refractivity contribution in [1.29, 1.82) is 0 Å². The van der Waals surface area contributed by atoms with Crippen molar-refractivity contribution in [1.82, 2.24) is 5.32 Å². The van der Waals surface area contributed by atoms with Crippen LogP contribution in [0.3, 0.4) is 0 Å². The Kier molecular flexibility index (Phi) is 1.93. The minimum atomic E-state index is 0.651. The predicted octanol–water partition coefficient (Wildman–Crippen LogP) is 1.06. The Hall–Kier alpha value is -1.51. The molecule has 0 fully saturated rings. The second-order valence-electron chi connectivity index (χ2n) is 3.29. The Bertz CT molecular complexity index is 345. The summed E-state index contributed by atoms with van der Waals surface area (Å²) in [4.78, 5) is 4.30. The molecule has 0 amide bonds. The molecule has 0 spiro atoms. The summed E-state index contributed by atoms with van der Waals surface area (Å²) in [6, 6.07) is 0. The monoisotopic (exact) mass is 175 g/mol. The molecule has 2 aliphatic rings. The highest BCUT2D eigenvalue weighted by atomic mass is 15.0. The molecule has 1 heterocycles. The summed E-state index contributed by atoms with van der Waals surface area (Å²) >= 11 is 0. The highest BCUT2D eigenvalue weighted by Crippen LogP contribution is 2.19. The topological polar surface area (TPSA) is 50.4 Å². The van der Waals surface area contributed by atoms with Gasteiger partial charge in [-0.15, -0.1) is 0 Å². The molecule has 3 N–H and O–H groups in total. The van der Waals surface area contributed by atoms with Crippen molar-refractivity contribution in [2.24, 2.45) is 10.7 Å². The Labute approximate surface area is 77.7 Å². The summed E-state index contributed by atoms with van der Waals surface area (Å²) in [7, 11) is 0. The largest absolute Gasteiger partial charge is 0.386 e. The molecule has 0 atom stereocenters. The van der Waals surface area contributed by atoms with Crippen molar-refractivity contribution in [3.8, 4) is 0 Å². The summed E-state index contributed by atoms with van der Waals surface area (Å²) < 4.78 is 0. The molecule has 1 aliphatic heterocycles. The van der Waals surface area contributed by atoms with E-state index in [1.165, 1.54) is 5.57 Å². The summed E-state index contributed by atoms with van der Waals surface area (Å²) in [6.07, 6.45) is 7.32. The summed E-state index contributed by atoms with van der Waals surface area (Å²) in [5.41, 5.74) is 8.93. The molecule has 68 valence electrons. The first-order valence-corrected chi connectivity index (χ1v) is 4.41. The number of hydrogen-bond donors (Lipinski definition) is 2. The minimum Gasteiger partial charge on any atom is -0.386 e. The molecule has 0 aromatic heterocycles. The van der Waals surface area contributed by atoms with E-state index in [-0.39, 0.29) is 0 Å². The average Bonchev–Trinajstić information content (AvgIpc) is 2.25. The van der Waals surface area contributed by atoms with Gasteiger partial charge in [-0.2, -0.15) is 0 Å². The van der Waals surface area contributed by atoms with Crippen molar-refractivity contribution >= 4 is 5.84 Å². The molecule has 0 aromatic rings. The van der Waals surface area contributed by atoms with Crippen molar-refractivity contribution < 1.29 is 0 Å². The lowest BCUT2D eigenvalue weighted by Crippen LogP contribution is -2.33. The van der Waals surface area contributed by atoms with Crippen LogP contribution >= 0.6 is 0 Å². The highest BCUT2D eigenvalue weighted by molar-refractivity contribution is 5.85. The van der Waals surface area contributed by atoms with Gasteiger partial charge in [0, 0.05) is 0 Å². The average molecular weight is 175 g/mol. The molecule has 0 bridgehead atoms. The van der Waals surface area contributed by atoms with E-state index in [4.69, 9.17) is 5.73 Å². The van der Waals surface area contributed by atoms with E-state index < -0.39 is 0 Å². The van der Waals surface area contributed by atoms with Crippen LogP contribution in [0.1, 0.15) is 13.3 Å². The maximum atomic E-state index is 5.64. The number of nitrogens with two attached hydrogens (primary N) is 1. The summed E-state index contributed by atoms with van der Waals surface area (Å²) in [6.45, 7) is 2.73. The smallest absolute Gasteiger partial charge is 0.119 e. The number of fused-ring (bicyclic) bond motifs is 1. The zero-order valence-electron chi connectivity index (χ0n) is 7.67. The molecular weight excluding hydrogens is 162 g/mol. The fourth-order valence-electron chi connectivity index (χ4n) is 1.45. The lowest BCUT2D eigenvalue weighted by molar-refractivity contribution is 0.886. The third kappa shape index (κ3) is 1.64. The lowest BCUT2D eigenvalue weighted by Gasteiger charge is -2.16. The second-order valence-corrected chi connectivity index (χ2v) is 3.29. The van der Waals surface area contributed by atoms with Crippen LogP contribution in [0.4, 0.5) is 0 Å². The van der Waals surface area contributed by atoms with Gasteiger partial charge in [-0.3, -0.25) is 0 Å². The van der Waals surface area contributed by atoms with Gasteiger partial charge in [0.05, 0.1) is 17.9 Å². The standard InChI is InChI=1S/C10H13N3/c1-7-3-2-4-8-9(5-7)13-10(11)6-12-8/h3-5,12H,2,6H2,1H3,(H2,11,13). The minimum absolute atomic E-state index is 0.651. The first-order chi connectivity index (χ1) is 6.25.